The van der Waals surface area contributed by atoms with E-state index < -0.39 is 5.82 Å². The Morgan fingerprint density at radius 3 is 2.46 bits per heavy atom. The molecule has 0 aliphatic heterocycles. The number of unbranched alkanes of at least 4 members (excludes halogenated alkanes) is 1. The van der Waals surface area contributed by atoms with E-state index in [4.69, 9.17) is 11.6 Å². The summed E-state index contributed by atoms with van der Waals surface area (Å²) in [7, 11) is 0. The second-order valence-corrected chi connectivity index (χ2v) is 6.21. The molecule has 0 unspecified atom stereocenters. The SMILES string of the molecule is CCCCN(CC)C(=O)C(C)=N/C(C)=C(\C)c1ccc(Cl)cc1F. The molecule has 0 aromatic heterocycles. The first-order valence-electron chi connectivity index (χ1n) is 8.29. The standard InChI is InChI=1S/C19H26ClFN2O/c1-6-8-11-23(7-2)19(24)15(5)22-14(4)13(3)17-10-9-16(20)12-18(17)21/h9-10,12H,6-8,11H2,1-5H3/b14-13+,22-15?. The highest BCUT2D eigenvalue weighted by molar-refractivity contribution is 6.38. The molecular formula is C19H26ClFN2O. The maximum Gasteiger partial charge on any atom is 0.267 e. The molecule has 1 aromatic carbocycles. The predicted octanol–water partition coefficient (Wildman–Crippen LogP) is 5.34. The third kappa shape index (κ3) is 5.45. The highest BCUT2D eigenvalue weighted by Crippen LogP contribution is 2.24. The summed E-state index contributed by atoms with van der Waals surface area (Å²) in [6, 6.07) is 4.55. The number of hydrogen-bond donors (Lipinski definition) is 0. The van der Waals surface area contributed by atoms with Crippen LogP contribution in [0.5, 0.6) is 0 Å². The van der Waals surface area contributed by atoms with Gasteiger partial charge in [0.2, 0.25) is 0 Å². The maximum absolute atomic E-state index is 14.0. The fourth-order valence-electron chi connectivity index (χ4n) is 2.35. The average Bonchev–Trinajstić information content (AvgIpc) is 2.54. The van der Waals surface area contributed by atoms with Crippen LogP contribution in [-0.4, -0.2) is 29.6 Å². The van der Waals surface area contributed by atoms with Crippen molar-refractivity contribution in [3.8, 4) is 0 Å². The van der Waals surface area contributed by atoms with Gasteiger partial charge in [0.15, 0.2) is 0 Å². The summed E-state index contributed by atoms with van der Waals surface area (Å²) in [4.78, 5) is 18.7. The van der Waals surface area contributed by atoms with Crippen molar-refractivity contribution in [2.75, 3.05) is 13.1 Å². The smallest absolute Gasteiger partial charge is 0.267 e. The van der Waals surface area contributed by atoms with E-state index in [2.05, 4.69) is 11.9 Å². The van der Waals surface area contributed by atoms with Gasteiger partial charge < -0.3 is 4.90 Å². The van der Waals surface area contributed by atoms with Crippen molar-refractivity contribution in [1.82, 2.24) is 4.90 Å². The molecule has 0 spiro atoms. The van der Waals surface area contributed by atoms with Crippen molar-refractivity contribution in [2.24, 2.45) is 4.99 Å². The number of nitrogens with zero attached hydrogens (tertiary/aromatic N) is 2. The van der Waals surface area contributed by atoms with Crippen LogP contribution in [0.3, 0.4) is 0 Å². The van der Waals surface area contributed by atoms with Crippen molar-refractivity contribution < 1.29 is 9.18 Å². The molecule has 0 N–H and O–H groups in total. The normalized spacial score (nSPS) is 12.9. The molecule has 1 aromatic rings. The van der Waals surface area contributed by atoms with Crippen LogP contribution in [0.15, 0.2) is 28.9 Å². The molecule has 0 saturated heterocycles. The lowest BCUT2D eigenvalue weighted by Crippen LogP contribution is -2.36. The maximum atomic E-state index is 14.0. The summed E-state index contributed by atoms with van der Waals surface area (Å²) in [5.41, 5.74) is 2.17. The number of amides is 1. The Bertz CT molecular complexity index is 653. The van der Waals surface area contributed by atoms with Crippen LogP contribution in [0, 0.1) is 5.82 Å². The number of halogens is 2. The third-order valence-corrected chi connectivity index (χ3v) is 4.21. The average molecular weight is 353 g/mol. The summed E-state index contributed by atoms with van der Waals surface area (Å²) in [6.45, 7) is 10.7. The van der Waals surface area contributed by atoms with Crippen molar-refractivity contribution in [1.29, 1.82) is 0 Å². The van der Waals surface area contributed by atoms with Gasteiger partial charge in [-0.05, 0) is 51.8 Å². The molecule has 132 valence electrons. The zero-order chi connectivity index (χ0) is 18.3. The lowest BCUT2D eigenvalue weighted by Gasteiger charge is -2.20. The lowest BCUT2D eigenvalue weighted by molar-refractivity contribution is -0.124. The van der Waals surface area contributed by atoms with Gasteiger partial charge in [-0.2, -0.15) is 0 Å². The molecule has 0 atom stereocenters. The molecule has 0 bridgehead atoms. The van der Waals surface area contributed by atoms with Gasteiger partial charge in [-0.25, -0.2) is 4.39 Å². The van der Waals surface area contributed by atoms with Crippen LogP contribution >= 0.6 is 11.6 Å². The summed E-state index contributed by atoms with van der Waals surface area (Å²) in [5, 5.41) is 0.353. The minimum atomic E-state index is -0.392. The number of carbonyl (C=O) groups excluding carboxylic acids is 1. The predicted molar refractivity (Wildman–Crippen MR) is 99.9 cm³/mol. The van der Waals surface area contributed by atoms with Crippen molar-refractivity contribution in [3.05, 3.63) is 40.3 Å². The number of hydrogen-bond acceptors (Lipinski definition) is 2. The van der Waals surface area contributed by atoms with Gasteiger partial charge in [0, 0.05) is 29.4 Å². The summed E-state index contributed by atoms with van der Waals surface area (Å²) >= 11 is 5.79. The summed E-state index contributed by atoms with van der Waals surface area (Å²) < 4.78 is 14.0. The molecule has 24 heavy (non-hydrogen) atoms. The highest BCUT2D eigenvalue weighted by atomic mass is 35.5. The van der Waals surface area contributed by atoms with Crippen LogP contribution in [0.2, 0.25) is 5.02 Å². The van der Waals surface area contributed by atoms with Crippen LogP contribution in [0.25, 0.3) is 5.57 Å². The molecule has 0 radical (unpaired) electrons. The second kappa shape index (κ2) is 9.58. The monoisotopic (exact) mass is 352 g/mol. The first-order chi connectivity index (χ1) is 11.3. The minimum absolute atomic E-state index is 0.0744. The first-order valence-corrected chi connectivity index (χ1v) is 8.67. The first kappa shape index (κ1) is 20.4. The fourth-order valence-corrected chi connectivity index (χ4v) is 2.51. The highest BCUT2D eigenvalue weighted by Gasteiger charge is 2.15. The van der Waals surface area contributed by atoms with E-state index >= 15 is 0 Å². The van der Waals surface area contributed by atoms with E-state index in [1.807, 2.05) is 6.92 Å². The van der Waals surface area contributed by atoms with Gasteiger partial charge >= 0.3 is 0 Å². The molecule has 0 heterocycles. The van der Waals surface area contributed by atoms with E-state index in [1.165, 1.54) is 6.07 Å². The van der Waals surface area contributed by atoms with E-state index in [-0.39, 0.29) is 5.91 Å². The number of allylic oxidation sites excluding steroid dienone is 2. The Labute approximate surface area is 149 Å². The van der Waals surface area contributed by atoms with E-state index in [0.717, 1.165) is 19.4 Å². The van der Waals surface area contributed by atoms with Crippen LogP contribution in [0.1, 0.15) is 53.0 Å². The summed E-state index contributed by atoms with van der Waals surface area (Å²) in [5.74, 6) is -0.466. The number of rotatable bonds is 7. The molecule has 3 nitrogen and oxygen atoms in total. The van der Waals surface area contributed by atoms with E-state index in [1.54, 1.807) is 37.8 Å². The zero-order valence-electron chi connectivity index (χ0n) is 15.1. The molecule has 0 aliphatic rings. The van der Waals surface area contributed by atoms with Gasteiger partial charge in [0.1, 0.15) is 11.5 Å². The van der Waals surface area contributed by atoms with Gasteiger partial charge in [-0.3, -0.25) is 9.79 Å². The van der Waals surface area contributed by atoms with E-state index in [9.17, 15) is 9.18 Å². The Kier molecular flexibility index (Phi) is 8.13. The van der Waals surface area contributed by atoms with Gasteiger partial charge in [0.05, 0.1) is 0 Å². The third-order valence-electron chi connectivity index (χ3n) is 3.97. The second-order valence-electron chi connectivity index (χ2n) is 5.77. The molecule has 0 fully saturated rings. The van der Waals surface area contributed by atoms with Crippen LogP contribution in [-0.2, 0) is 4.79 Å². The Morgan fingerprint density at radius 1 is 1.25 bits per heavy atom. The van der Waals surface area contributed by atoms with Crippen LogP contribution in [0.4, 0.5) is 4.39 Å². The lowest BCUT2D eigenvalue weighted by atomic mass is 10.1. The molecule has 0 aliphatic carbocycles. The molecule has 1 rings (SSSR count). The number of benzene rings is 1. The minimum Gasteiger partial charge on any atom is -0.338 e. The molecule has 5 heteroatoms. The Morgan fingerprint density at radius 2 is 1.92 bits per heavy atom. The van der Waals surface area contributed by atoms with E-state index in [0.29, 0.717) is 34.1 Å². The topological polar surface area (TPSA) is 32.7 Å². The Hall–Kier alpha value is -1.68. The summed E-state index contributed by atoms with van der Waals surface area (Å²) in [6.07, 6.45) is 2.00. The van der Waals surface area contributed by atoms with Gasteiger partial charge in [-0.1, -0.05) is 31.0 Å². The number of aliphatic imine (C=N–C) groups is 1. The molecule has 1 amide bonds. The number of carbonyl (C=O) groups is 1. The van der Waals surface area contributed by atoms with Gasteiger partial charge in [-0.15, -0.1) is 0 Å². The zero-order valence-corrected chi connectivity index (χ0v) is 15.9. The fraction of sp³-hybridized carbons (Fsp3) is 0.474. The molecule has 0 saturated carbocycles. The van der Waals surface area contributed by atoms with Crippen molar-refractivity contribution in [2.45, 2.75) is 47.5 Å². The van der Waals surface area contributed by atoms with Gasteiger partial charge in [0.25, 0.3) is 5.91 Å². The van der Waals surface area contributed by atoms with Crippen molar-refractivity contribution in [3.63, 3.8) is 0 Å². The largest absolute Gasteiger partial charge is 0.338 e. The Balaban J connectivity index is 3.05. The van der Waals surface area contributed by atoms with Crippen molar-refractivity contribution >= 4 is 28.8 Å². The van der Waals surface area contributed by atoms with Crippen LogP contribution < -0.4 is 0 Å². The quantitative estimate of drug-likeness (QED) is 0.609. The molecular weight excluding hydrogens is 327 g/mol.